The smallest absolute Gasteiger partial charge is 0.271 e. The molecule has 0 saturated carbocycles. The van der Waals surface area contributed by atoms with E-state index in [-0.39, 0.29) is 17.4 Å². The normalized spacial score (nSPS) is 10.4. The first-order valence-corrected chi connectivity index (χ1v) is 8.98. The Balaban J connectivity index is 1.76. The number of amides is 1. The maximum Gasteiger partial charge on any atom is 0.271 e. The number of hydrogen-bond acceptors (Lipinski definition) is 6. The number of nitrogen functional groups attached to an aromatic ring is 1. The standard InChI is InChI=1S/C19H17Cl2N5O2/c1-10-7-12(8-11(2)15(10)21)28-19-16(22)17(23-9-24-19)25-26-18(27)13-5-3-4-6-14(13)20/h3-9H,22H2,1-2H3,(H,26,27)(H,23,24,25). The van der Waals surface area contributed by atoms with Gasteiger partial charge in [0.05, 0.1) is 10.6 Å². The molecule has 0 aliphatic rings. The number of carbonyl (C=O) groups is 1. The van der Waals surface area contributed by atoms with Gasteiger partial charge in [-0.25, -0.2) is 4.98 Å². The van der Waals surface area contributed by atoms with Gasteiger partial charge in [-0.05, 0) is 49.2 Å². The Bertz CT molecular complexity index is 1020. The minimum Gasteiger partial charge on any atom is -0.437 e. The Labute approximate surface area is 171 Å². The van der Waals surface area contributed by atoms with Crippen LogP contribution >= 0.6 is 23.2 Å². The molecule has 0 unspecified atom stereocenters. The predicted octanol–water partition coefficient (Wildman–Crippen LogP) is 4.53. The monoisotopic (exact) mass is 417 g/mol. The zero-order chi connectivity index (χ0) is 20.3. The summed E-state index contributed by atoms with van der Waals surface area (Å²) in [5, 5.41) is 1.00. The number of nitrogens with two attached hydrogens (primary N) is 1. The zero-order valence-electron chi connectivity index (χ0n) is 15.1. The molecule has 0 saturated heterocycles. The topological polar surface area (TPSA) is 102 Å². The number of rotatable bonds is 5. The molecule has 28 heavy (non-hydrogen) atoms. The molecule has 144 valence electrons. The second-order valence-corrected chi connectivity index (χ2v) is 6.76. The van der Waals surface area contributed by atoms with Gasteiger partial charge in [0.2, 0.25) is 5.88 Å². The van der Waals surface area contributed by atoms with Gasteiger partial charge in [0.25, 0.3) is 5.91 Å². The highest BCUT2D eigenvalue weighted by Crippen LogP contribution is 2.32. The van der Waals surface area contributed by atoms with E-state index >= 15 is 0 Å². The van der Waals surface area contributed by atoms with E-state index in [9.17, 15) is 4.79 Å². The van der Waals surface area contributed by atoms with Crippen molar-refractivity contribution in [3.05, 3.63) is 69.5 Å². The highest BCUT2D eigenvalue weighted by Gasteiger charge is 2.14. The lowest BCUT2D eigenvalue weighted by Gasteiger charge is -2.13. The fraction of sp³-hybridized carbons (Fsp3) is 0.105. The Kier molecular flexibility index (Phi) is 5.87. The molecule has 9 heteroatoms. The van der Waals surface area contributed by atoms with Gasteiger partial charge in [0.15, 0.2) is 5.82 Å². The van der Waals surface area contributed by atoms with E-state index in [1.165, 1.54) is 6.33 Å². The second-order valence-electron chi connectivity index (χ2n) is 5.97. The van der Waals surface area contributed by atoms with Crippen molar-refractivity contribution in [2.75, 3.05) is 11.2 Å². The molecule has 0 fully saturated rings. The third kappa shape index (κ3) is 4.27. The van der Waals surface area contributed by atoms with Crippen molar-refractivity contribution < 1.29 is 9.53 Å². The first-order valence-electron chi connectivity index (χ1n) is 8.22. The Hall–Kier alpha value is -3.03. The highest BCUT2D eigenvalue weighted by atomic mass is 35.5. The van der Waals surface area contributed by atoms with Crippen LogP contribution in [0.25, 0.3) is 0 Å². The van der Waals surface area contributed by atoms with Gasteiger partial charge in [-0.2, -0.15) is 4.98 Å². The second kappa shape index (κ2) is 8.33. The molecule has 0 aliphatic carbocycles. The Morgan fingerprint density at radius 2 is 1.79 bits per heavy atom. The lowest BCUT2D eigenvalue weighted by atomic mass is 10.1. The summed E-state index contributed by atoms with van der Waals surface area (Å²) in [6, 6.07) is 10.2. The van der Waals surface area contributed by atoms with Crippen LogP contribution in [-0.2, 0) is 0 Å². The highest BCUT2D eigenvalue weighted by molar-refractivity contribution is 6.33. The van der Waals surface area contributed by atoms with Gasteiger partial charge < -0.3 is 10.5 Å². The molecule has 1 heterocycles. The van der Waals surface area contributed by atoms with Crippen LogP contribution in [0.1, 0.15) is 21.5 Å². The number of halogens is 2. The van der Waals surface area contributed by atoms with Crippen molar-refractivity contribution in [2.24, 2.45) is 0 Å². The summed E-state index contributed by atoms with van der Waals surface area (Å²) in [5.74, 6) is 0.435. The maximum absolute atomic E-state index is 12.2. The quantitative estimate of drug-likeness (QED) is 0.526. The maximum atomic E-state index is 12.2. The van der Waals surface area contributed by atoms with Crippen molar-refractivity contribution in [1.82, 2.24) is 15.4 Å². The van der Waals surface area contributed by atoms with E-state index in [2.05, 4.69) is 20.8 Å². The summed E-state index contributed by atoms with van der Waals surface area (Å²) in [6.07, 6.45) is 1.27. The van der Waals surface area contributed by atoms with Crippen LogP contribution in [-0.4, -0.2) is 15.9 Å². The van der Waals surface area contributed by atoms with E-state index < -0.39 is 5.91 Å². The number of hydrogen-bond donors (Lipinski definition) is 3. The number of aryl methyl sites for hydroxylation is 2. The van der Waals surface area contributed by atoms with Gasteiger partial charge in [-0.3, -0.25) is 15.6 Å². The number of hydrazine groups is 1. The molecule has 0 atom stereocenters. The van der Waals surface area contributed by atoms with Crippen LogP contribution in [0.5, 0.6) is 11.6 Å². The molecule has 7 nitrogen and oxygen atoms in total. The molecular weight excluding hydrogens is 401 g/mol. The van der Waals surface area contributed by atoms with Gasteiger partial charge in [0, 0.05) is 5.02 Å². The van der Waals surface area contributed by atoms with Gasteiger partial charge in [-0.15, -0.1) is 0 Å². The molecule has 1 aromatic heterocycles. The minimum absolute atomic E-state index is 0.132. The van der Waals surface area contributed by atoms with E-state index in [1.54, 1.807) is 36.4 Å². The fourth-order valence-corrected chi connectivity index (χ4v) is 2.80. The van der Waals surface area contributed by atoms with E-state index in [1.807, 2.05) is 13.8 Å². The number of anilines is 2. The van der Waals surface area contributed by atoms with E-state index in [4.69, 9.17) is 33.7 Å². The van der Waals surface area contributed by atoms with Crippen LogP contribution in [0.4, 0.5) is 11.5 Å². The molecule has 3 rings (SSSR count). The third-order valence-electron chi connectivity index (χ3n) is 3.88. The molecule has 2 aromatic carbocycles. The van der Waals surface area contributed by atoms with E-state index in [0.717, 1.165) is 11.1 Å². The lowest BCUT2D eigenvalue weighted by molar-refractivity contribution is 0.0962. The molecule has 1 amide bonds. The van der Waals surface area contributed by atoms with Crippen LogP contribution < -0.4 is 21.3 Å². The first-order chi connectivity index (χ1) is 13.4. The Morgan fingerprint density at radius 1 is 1.11 bits per heavy atom. The van der Waals surface area contributed by atoms with Crippen molar-refractivity contribution in [3.8, 4) is 11.6 Å². The SMILES string of the molecule is Cc1cc(Oc2ncnc(NNC(=O)c3ccccc3Cl)c2N)cc(C)c1Cl. The average molecular weight is 418 g/mol. The lowest BCUT2D eigenvalue weighted by Crippen LogP contribution is -2.30. The number of aromatic nitrogens is 2. The molecule has 3 aromatic rings. The molecular formula is C19H17Cl2N5O2. The zero-order valence-corrected chi connectivity index (χ0v) is 16.6. The number of carbonyl (C=O) groups excluding carboxylic acids is 1. The number of nitrogens with zero attached hydrogens (tertiary/aromatic N) is 2. The number of ether oxygens (including phenoxy) is 1. The summed E-state index contributed by atoms with van der Waals surface area (Å²) in [5.41, 5.74) is 13.4. The van der Waals surface area contributed by atoms with Crippen LogP contribution in [0.15, 0.2) is 42.7 Å². The minimum atomic E-state index is -0.435. The van der Waals surface area contributed by atoms with E-state index in [0.29, 0.717) is 21.4 Å². The van der Waals surface area contributed by atoms with Crippen LogP contribution in [0, 0.1) is 13.8 Å². The molecule has 0 radical (unpaired) electrons. The van der Waals surface area contributed by atoms with Gasteiger partial charge >= 0.3 is 0 Å². The number of benzene rings is 2. The average Bonchev–Trinajstić information content (AvgIpc) is 2.67. The molecule has 4 N–H and O–H groups in total. The van der Waals surface area contributed by atoms with Crippen molar-refractivity contribution >= 4 is 40.6 Å². The summed E-state index contributed by atoms with van der Waals surface area (Å²) in [4.78, 5) is 20.3. The van der Waals surface area contributed by atoms with Gasteiger partial charge in [0.1, 0.15) is 17.8 Å². The summed E-state index contributed by atoms with van der Waals surface area (Å²) in [6.45, 7) is 3.76. The van der Waals surface area contributed by atoms with Crippen LogP contribution in [0.3, 0.4) is 0 Å². The largest absolute Gasteiger partial charge is 0.437 e. The fourth-order valence-electron chi connectivity index (χ4n) is 2.47. The van der Waals surface area contributed by atoms with Gasteiger partial charge in [-0.1, -0.05) is 35.3 Å². The van der Waals surface area contributed by atoms with Crippen molar-refractivity contribution in [1.29, 1.82) is 0 Å². The first kappa shape index (κ1) is 19.7. The number of nitrogens with one attached hydrogen (secondary N) is 2. The molecule has 0 bridgehead atoms. The Morgan fingerprint density at radius 3 is 2.46 bits per heavy atom. The summed E-state index contributed by atoms with van der Waals surface area (Å²) >= 11 is 12.2. The molecule has 0 spiro atoms. The molecule has 0 aliphatic heterocycles. The van der Waals surface area contributed by atoms with Crippen LogP contribution in [0.2, 0.25) is 10.0 Å². The summed E-state index contributed by atoms with van der Waals surface area (Å²) in [7, 11) is 0. The third-order valence-corrected chi connectivity index (χ3v) is 4.81. The predicted molar refractivity (Wildman–Crippen MR) is 110 cm³/mol. The van der Waals surface area contributed by atoms with Crippen molar-refractivity contribution in [3.63, 3.8) is 0 Å². The summed E-state index contributed by atoms with van der Waals surface area (Å²) < 4.78 is 5.77. The van der Waals surface area contributed by atoms with Crippen molar-refractivity contribution in [2.45, 2.75) is 13.8 Å².